The van der Waals surface area contributed by atoms with E-state index in [-0.39, 0.29) is 11.4 Å². The quantitative estimate of drug-likeness (QED) is 0.500. The molecule has 0 radical (unpaired) electrons. The molecule has 0 aliphatic heterocycles. The summed E-state index contributed by atoms with van der Waals surface area (Å²) in [6.07, 6.45) is 4.80. The van der Waals surface area contributed by atoms with Crippen LogP contribution in [0.3, 0.4) is 0 Å². The number of fused-ring (bicyclic) bond motifs is 1. The van der Waals surface area contributed by atoms with Crippen molar-refractivity contribution in [1.82, 2.24) is 19.5 Å². The second-order valence-corrected chi connectivity index (χ2v) is 6.72. The highest BCUT2D eigenvalue weighted by molar-refractivity contribution is 5.93. The number of nitrogens with zero attached hydrogens (tertiary/aromatic N) is 4. The molecular weight excluding hydrogens is 389 g/mol. The Kier molecular flexibility index (Phi) is 5.09. The van der Waals surface area contributed by atoms with Gasteiger partial charge in [0.05, 0.1) is 36.5 Å². The van der Waals surface area contributed by atoms with Crippen LogP contribution < -0.4 is 14.8 Å². The van der Waals surface area contributed by atoms with Gasteiger partial charge in [-0.05, 0) is 25.1 Å². The number of phenols is 1. The second-order valence-electron chi connectivity index (χ2n) is 6.72. The first-order chi connectivity index (χ1) is 14.5. The summed E-state index contributed by atoms with van der Waals surface area (Å²) in [5.41, 5.74) is 2.01. The smallest absolute Gasteiger partial charge is 0.163 e. The summed E-state index contributed by atoms with van der Waals surface area (Å²) in [7, 11) is 3.42. The third-order valence-electron chi connectivity index (χ3n) is 4.84. The van der Waals surface area contributed by atoms with Gasteiger partial charge in [0.2, 0.25) is 0 Å². The van der Waals surface area contributed by atoms with Crippen molar-refractivity contribution in [2.45, 2.75) is 13.5 Å². The average Bonchev–Trinajstić information content (AvgIpc) is 3.16. The molecule has 2 aromatic carbocycles. The van der Waals surface area contributed by atoms with E-state index < -0.39 is 5.82 Å². The minimum absolute atomic E-state index is 0.0132. The fraction of sp³-hybridized carbons (Fsp3) is 0.190. The number of methoxy groups -OCH3 is 1. The van der Waals surface area contributed by atoms with Crippen LogP contribution in [0.4, 0.5) is 15.9 Å². The van der Waals surface area contributed by atoms with Crippen LogP contribution in [-0.4, -0.2) is 31.7 Å². The van der Waals surface area contributed by atoms with Gasteiger partial charge in [0.1, 0.15) is 30.3 Å². The molecule has 8 nitrogen and oxygen atoms in total. The van der Waals surface area contributed by atoms with Crippen LogP contribution in [0.1, 0.15) is 11.3 Å². The van der Waals surface area contributed by atoms with Crippen LogP contribution in [0, 0.1) is 12.7 Å². The van der Waals surface area contributed by atoms with Crippen LogP contribution in [0.2, 0.25) is 0 Å². The summed E-state index contributed by atoms with van der Waals surface area (Å²) in [5.74, 6) is 0.858. The third-order valence-corrected chi connectivity index (χ3v) is 4.84. The maximum atomic E-state index is 14.3. The molecule has 0 bridgehead atoms. The average molecular weight is 409 g/mol. The molecule has 4 aromatic rings. The molecule has 2 N–H and O–H groups in total. The number of phenolic OH excluding ortho intramolecular Hbond substituents is 1. The van der Waals surface area contributed by atoms with Crippen LogP contribution in [-0.2, 0) is 13.7 Å². The summed E-state index contributed by atoms with van der Waals surface area (Å²) in [6, 6.07) is 5.97. The highest BCUT2D eigenvalue weighted by atomic mass is 19.1. The third kappa shape index (κ3) is 3.57. The fourth-order valence-corrected chi connectivity index (χ4v) is 3.05. The number of aromatic hydroxyl groups is 1. The van der Waals surface area contributed by atoms with Crippen molar-refractivity contribution in [3.05, 3.63) is 60.2 Å². The van der Waals surface area contributed by atoms with E-state index in [0.29, 0.717) is 40.4 Å². The molecule has 0 saturated carbocycles. The summed E-state index contributed by atoms with van der Waals surface area (Å²) < 4.78 is 27.6. The lowest BCUT2D eigenvalue weighted by molar-refractivity contribution is 0.278. The molecule has 2 aromatic heterocycles. The minimum Gasteiger partial charge on any atom is -0.508 e. The molecule has 0 spiro atoms. The Balaban J connectivity index is 1.71. The molecule has 0 aliphatic rings. The Hall–Kier alpha value is -3.88. The first-order valence-corrected chi connectivity index (χ1v) is 9.13. The van der Waals surface area contributed by atoms with Crippen molar-refractivity contribution in [3.8, 4) is 17.2 Å². The number of imidazole rings is 1. The maximum Gasteiger partial charge on any atom is 0.163 e. The SMILES string of the molecule is COc1cc2c(Nc3c(F)ccc(O)c3C)ncnc2cc1OCc1cncn1C. The molecule has 30 heavy (non-hydrogen) atoms. The lowest BCUT2D eigenvalue weighted by Crippen LogP contribution is -2.03. The van der Waals surface area contributed by atoms with Gasteiger partial charge in [-0.1, -0.05) is 0 Å². The van der Waals surface area contributed by atoms with Crippen LogP contribution in [0.15, 0.2) is 43.1 Å². The molecule has 0 atom stereocenters. The fourth-order valence-electron chi connectivity index (χ4n) is 3.05. The lowest BCUT2D eigenvalue weighted by Gasteiger charge is -2.15. The second kappa shape index (κ2) is 7.86. The number of ether oxygens (including phenoxy) is 2. The van der Waals surface area contributed by atoms with Crippen molar-refractivity contribution in [3.63, 3.8) is 0 Å². The van der Waals surface area contributed by atoms with Crippen molar-refractivity contribution < 1.29 is 19.0 Å². The van der Waals surface area contributed by atoms with Crippen molar-refractivity contribution in [1.29, 1.82) is 0 Å². The first kappa shape index (κ1) is 19.4. The van der Waals surface area contributed by atoms with Gasteiger partial charge in [-0.2, -0.15) is 0 Å². The van der Waals surface area contributed by atoms with Crippen LogP contribution in [0.25, 0.3) is 10.9 Å². The van der Waals surface area contributed by atoms with E-state index in [4.69, 9.17) is 9.47 Å². The van der Waals surface area contributed by atoms with E-state index in [2.05, 4.69) is 20.3 Å². The molecule has 0 aliphatic carbocycles. The minimum atomic E-state index is -0.500. The molecule has 4 rings (SSSR count). The lowest BCUT2D eigenvalue weighted by atomic mass is 10.1. The zero-order chi connectivity index (χ0) is 21.3. The van der Waals surface area contributed by atoms with Gasteiger partial charge < -0.3 is 24.5 Å². The Labute approximate surface area is 172 Å². The summed E-state index contributed by atoms with van der Waals surface area (Å²) in [5, 5.41) is 13.5. The Morgan fingerprint density at radius 2 is 2.03 bits per heavy atom. The predicted octanol–water partition coefficient (Wildman–Crippen LogP) is 3.85. The van der Waals surface area contributed by atoms with E-state index in [0.717, 1.165) is 5.69 Å². The number of hydrogen-bond acceptors (Lipinski definition) is 7. The number of hydrogen-bond donors (Lipinski definition) is 2. The van der Waals surface area contributed by atoms with E-state index in [9.17, 15) is 9.50 Å². The number of nitrogens with one attached hydrogen (secondary N) is 1. The molecule has 154 valence electrons. The van der Waals surface area contributed by atoms with E-state index in [1.807, 2.05) is 11.6 Å². The number of rotatable bonds is 6. The first-order valence-electron chi connectivity index (χ1n) is 9.13. The Bertz CT molecular complexity index is 1220. The zero-order valence-corrected chi connectivity index (χ0v) is 16.7. The standard InChI is InChI=1S/C21H20FN5O3/c1-12-17(28)5-4-15(22)20(12)26-21-14-6-18(29-3)19(7-16(14)24-10-25-21)30-9-13-8-23-11-27(13)2/h4-8,10-11,28H,9H2,1-3H3,(H,24,25,26). The topological polar surface area (TPSA) is 94.3 Å². The molecule has 0 fully saturated rings. The summed E-state index contributed by atoms with van der Waals surface area (Å²) in [4.78, 5) is 12.6. The maximum absolute atomic E-state index is 14.3. The number of aromatic nitrogens is 4. The van der Waals surface area contributed by atoms with Gasteiger partial charge in [0.15, 0.2) is 11.5 Å². The predicted molar refractivity (Wildman–Crippen MR) is 110 cm³/mol. The van der Waals surface area contributed by atoms with Crippen molar-refractivity contribution in [2.75, 3.05) is 12.4 Å². The molecule has 0 saturated heterocycles. The summed E-state index contributed by atoms with van der Waals surface area (Å²) >= 11 is 0. The number of halogens is 1. The van der Waals surface area contributed by atoms with Gasteiger partial charge in [0.25, 0.3) is 0 Å². The zero-order valence-electron chi connectivity index (χ0n) is 16.7. The molecule has 9 heteroatoms. The van der Waals surface area contributed by atoms with Gasteiger partial charge in [-0.25, -0.2) is 19.3 Å². The summed E-state index contributed by atoms with van der Waals surface area (Å²) in [6.45, 7) is 1.93. The highest BCUT2D eigenvalue weighted by Crippen LogP contribution is 2.36. The van der Waals surface area contributed by atoms with Gasteiger partial charge in [-0.3, -0.25) is 0 Å². The van der Waals surface area contributed by atoms with Crippen LogP contribution >= 0.6 is 0 Å². The Morgan fingerprint density at radius 3 is 2.77 bits per heavy atom. The highest BCUT2D eigenvalue weighted by Gasteiger charge is 2.15. The van der Waals surface area contributed by atoms with Gasteiger partial charge in [-0.15, -0.1) is 0 Å². The molecule has 0 amide bonds. The van der Waals surface area contributed by atoms with E-state index in [1.165, 1.54) is 25.6 Å². The largest absolute Gasteiger partial charge is 0.508 e. The number of aryl methyl sites for hydroxylation is 1. The number of anilines is 2. The molecule has 2 heterocycles. The van der Waals surface area contributed by atoms with E-state index in [1.54, 1.807) is 31.6 Å². The van der Waals surface area contributed by atoms with Crippen LogP contribution in [0.5, 0.6) is 17.2 Å². The van der Waals surface area contributed by atoms with Crippen molar-refractivity contribution in [2.24, 2.45) is 7.05 Å². The normalized spacial score (nSPS) is 10.9. The number of benzene rings is 2. The molecular formula is C21H20FN5O3. The monoisotopic (exact) mass is 409 g/mol. The van der Waals surface area contributed by atoms with E-state index >= 15 is 0 Å². The van der Waals surface area contributed by atoms with Crippen molar-refractivity contribution >= 4 is 22.4 Å². The molecule has 0 unspecified atom stereocenters. The Morgan fingerprint density at radius 1 is 1.20 bits per heavy atom. The van der Waals surface area contributed by atoms with Gasteiger partial charge in [0, 0.05) is 24.1 Å². The van der Waals surface area contributed by atoms with Gasteiger partial charge >= 0.3 is 0 Å².